The third-order valence-corrected chi connectivity index (χ3v) is 9.82. The SMILES string of the molecule is CC(C)(C)[Si](OC1=CCCCC1=O)(c1ccccc1)c1ccccc1. The standard InChI is InChI=1S/C22H26O2Si/c1-22(2,3)25(18-12-6-4-7-13-18,19-14-8-5-9-15-19)24-21-17-11-10-16-20(21)23/h4-9,12-15,17H,10-11,16H2,1-3H3. The van der Waals surface area contributed by atoms with Crippen LogP contribution in [-0.2, 0) is 9.22 Å². The minimum atomic E-state index is -2.67. The molecule has 0 aliphatic heterocycles. The average molecular weight is 351 g/mol. The highest BCUT2D eigenvalue weighted by Crippen LogP contribution is 2.38. The van der Waals surface area contributed by atoms with Gasteiger partial charge in [-0.25, -0.2) is 0 Å². The molecule has 2 aromatic rings. The molecule has 3 rings (SSSR count). The lowest BCUT2D eigenvalue weighted by Crippen LogP contribution is -2.66. The summed E-state index contributed by atoms with van der Waals surface area (Å²) in [5, 5.41) is 2.29. The van der Waals surface area contributed by atoms with E-state index in [1.54, 1.807) is 0 Å². The molecule has 2 nitrogen and oxygen atoms in total. The van der Waals surface area contributed by atoms with Crippen molar-refractivity contribution >= 4 is 24.5 Å². The molecule has 0 amide bonds. The van der Waals surface area contributed by atoms with Gasteiger partial charge in [-0.2, -0.15) is 0 Å². The van der Waals surface area contributed by atoms with E-state index in [9.17, 15) is 4.79 Å². The van der Waals surface area contributed by atoms with Crippen LogP contribution in [0.15, 0.2) is 72.5 Å². The Morgan fingerprint density at radius 3 is 1.84 bits per heavy atom. The summed E-state index contributed by atoms with van der Waals surface area (Å²) in [4.78, 5) is 12.5. The zero-order valence-corrected chi connectivity index (χ0v) is 16.3. The van der Waals surface area contributed by atoms with E-state index in [-0.39, 0.29) is 10.8 Å². The van der Waals surface area contributed by atoms with Crippen LogP contribution in [0, 0.1) is 0 Å². The molecule has 1 aliphatic carbocycles. The summed E-state index contributed by atoms with van der Waals surface area (Å²) in [5.41, 5.74) is 0. The Hall–Kier alpha value is -2.13. The van der Waals surface area contributed by atoms with E-state index < -0.39 is 8.32 Å². The van der Waals surface area contributed by atoms with Crippen molar-refractivity contribution in [3.05, 3.63) is 72.5 Å². The van der Waals surface area contributed by atoms with Gasteiger partial charge in [0, 0.05) is 6.42 Å². The molecule has 0 saturated heterocycles. The van der Waals surface area contributed by atoms with Crippen LogP contribution in [0.4, 0.5) is 0 Å². The van der Waals surface area contributed by atoms with Gasteiger partial charge in [-0.3, -0.25) is 4.79 Å². The maximum Gasteiger partial charge on any atom is 0.320 e. The first-order chi connectivity index (χ1) is 11.9. The molecule has 130 valence electrons. The molecular formula is C22H26O2Si. The summed E-state index contributed by atoms with van der Waals surface area (Å²) in [5.74, 6) is 0.708. The van der Waals surface area contributed by atoms with Crippen molar-refractivity contribution in [2.75, 3.05) is 0 Å². The molecule has 0 fully saturated rings. The molecule has 0 aromatic heterocycles. The van der Waals surface area contributed by atoms with Gasteiger partial charge in [0.1, 0.15) is 5.76 Å². The second-order valence-corrected chi connectivity index (χ2v) is 11.9. The Bertz CT molecular complexity index is 718. The van der Waals surface area contributed by atoms with Crippen molar-refractivity contribution in [3.63, 3.8) is 0 Å². The van der Waals surface area contributed by atoms with Crippen molar-refractivity contribution in [3.8, 4) is 0 Å². The molecule has 0 heterocycles. The van der Waals surface area contributed by atoms with Crippen molar-refractivity contribution in [2.24, 2.45) is 0 Å². The minimum absolute atomic E-state index is 0.117. The van der Waals surface area contributed by atoms with E-state index in [2.05, 4.69) is 69.3 Å². The van der Waals surface area contributed by atoms with Crippen LogP contribution in [0.1, 0.15) is 40.0 Å². The molecular weight excluding hydrogens is 324 g/mol. The van der Waals surface area contributed by atoms with Crippen molar-refractivity contribution < 1.29 is 9.22 Å². The molecule has 0 unspecified atom stereocenters. The van der Waals surface area contributed by atoms with E-state index in [0.29, 0.717) is 12.2 Å². The fourth-order valence-corrected chi connectivity index (χ4v) is 8.10. The average Bonchev–Trinajstić information content (AvgIpc) is 2.61. The smallest absolute Gasteiger partial charge is 0.320 e. The van der Waals surface area contributed by atoms with Gasteiger partial charge in [0.05, 0.1) is 0 Å². The molecule has 0 spiro atoms. The maximum atomic E-state index is 12.5. The highest BCUT2D eigenvalue weighted by Gasteiger charge is 2.52. The zero-order chi connectivity index (χ0) is 17.9. The predicted molar refractivity (Wildman–Crippen MR) is 106 cm³/mol. The Morgan fingerprint density at radius 1 is 0.880 bits per heavy atom. The molecule has 3 heteroatoms. The number of carbonyl (C=O) groups is 1. The number of Topliss-reactive ketones (excluding diaryl/α,β-unsaturated/α-hetero) is 1. The molecule has 0 N–H and O–H groups in total. The number of ketones is 1. The highest BCUT2D eigenvalue weighted by atomic mass is 28.4. The van der Waals surface area contributed by atoms with E-state index in [1.807, 2.05) is 18.2 Å². The highest BCUT2D eigenvalue weighted by molar-refractivity contribution is 6.99. The number of allylic oxidation sites excluding steroid dienone is 2. The van der Waals surface area contributed by atoms with Crippen LogP contribution in [-0.4, -0.2) is 14.1 Å². The number of benzene rings is 2. The lowest BCUT2D eigenvalue weighted by atomic mass is 10.1. The van der Waals surface area contributed by atoms with Crippen LogP contribution in [0.25, 0.3) is 0 Å². The quantitative estimate of drug-likeness (QED) is 0.773. The molecule has 0 saturated carbocycles. The molecule has 0 atom stereocenters. The van der Waals surface area contributed by atoms with Gasteiger partial charge in [0.2, 0.25) is 0 Å². The molecule has 1 aliphatic rings. The Morgan fingerprint density at radius 2 is 1.40 bits per heavy atom. The van der Waals surface area contributed by atoms with Crippen molar-refractivity contribution in [2.45, 2.75) is 45.1 Å². The van der Waals surface area contributed by atoms with E-state index in [0.717, 1.165) is 12.8 Å². The minimum Gasteiger partial charge on any atom is -0.532 e. The van der Waals surface area contributed by atoms with E-state index in [4.69, 9.17) is 4.43 Å². The Balaban J connectivity index is 2.22. The normalized spacial score (nSPS) is 15.6. The van der Waals surface area contributed by atoms with Crippen LogP contribution in [0.3, 0.4) is 0 Å². The van der Waals surface area contributed by atoms with Gasteiger partial charge < -0.3 is 4.43 Å². The summed E-state index contributed by atoms with van der Waals surface area (Å²) < 4.78 is 6.78. The monoisotopic (exact) mass is 350 g/mol. The first-order valence-electron chi connectivity index (χ1n) is 8.98. The first kappa shape index (κ1) is 17.7. The summed E-state index contributed by atoms with van der Waals surface area (Å²) in [6.07, 6.45) is 4.42. The summed E-state index contributed by atoms with van der Waals surface area (Å²) in [7, 11) is -2.67. The van der Waals surface area contributed by atoms with Crippen LogP contribution < -0.4 is 10.4 Å². The van der Waals surface area contributed by atoms with Crippen molar-refractivity contribution in [1.29, 1.82) is 0 Å². The van der Waals surface area contributed by atoms with Crippen molar-refractivity contribution in [1.82, 2.24) is 0 Å². The Labute approximate surface area is 151 Å². The van der Waals surface area contributed by atoms with Gasteiger partial charge in [0.15, 0.2) is 5.78 Å². The third-order valence-electron chi connectivity index (χ3n) is 4.89. The van der Waals surface area contributed by atoms with Crippen LogP contribution in [0.2, 0.25) is 5.04 Å². The molecule has 0 bridgehead atoms. The third kappa shape index (κ3) is 3.34. The van der Waals surface area contributed by atoms with Gasteiger partial charge >= 0.3 is 8.32 Å². The largest absolute Gasteiger partial charge is 0.532 e. The second kappa shape index (κ2) is 7.01. The fraction of sp³-hybridized carbons (Fsp3) is 0.318. The van der Waals surface area contributed by atoms with Gasteiger partial charge in [-0.15, -0.1) is 0 Å². The summed E-state index contributed by atoms with van der Waals surface area (Å²) in [6.45, 7) is 6.69. The molecule has 25 heavy (non-hydrogen) atoms. The number of hydrogen-bond donors (Lipinski definition) is 0. The lowest BCUT2D eigenvalue weighted by molar-refractivity contribution is -0.118. The number of hydrogen-bond acceptors (Lipinski definition) is 2. The zero-order valence-electron chi connectivity index (χ0n) is 15.3. The van der Waals surface area contributed by atoms with Crippen LogP contribution >= 0.6 is 0 Å². The predicted octanol–water partition coefficient (Wildman–Crippen LogP) is 4.20. The Kier molecular flexibility index (Phi) is 4.95. The topological polar surface area (TPSA) is 26.3 Å². The number of carbonyl (C=O) groups excluding carboxylic acids is 1. The summed E-state index contributed by atoms with van der Waals surface area (Å²) in [6, 6.07) is 20.9. The van der Waals surface area contributed by atoms with Gasteiger partial charge in [-0.05, 0) is 34.3 Å². The lowest BCUT2D eigenvalue weighted by Gasteiger charge is -2.43. The van der Waals surface area contributed by atoms with Crippen LogP contribution in [0.5, 0.6) is 0 Å². The molecule has 0 radical (unpaired) electrons. The molecule has 2 aromatic carbocycles. The fourth-order valence-electron chi connectivity index (χ4n) is 3.65. The first-order valence-corrected chi connectivity index (χ1v) is 10.9. The van der Waals surface area contributed by atoms with Gasteiger partial charge in [-0.1, -0.05) is 81.4 Å². The van der Waals surface area contributed by atoms with Gasteiger partial charge in [0.25, 0.3) is 0 Å². The number of rotatable bonds is 4. The second-order valence-electron chi connectivity index (χ2n) is 7.65. The van der Waals surface area contributed by atoms with E-state index in [1.165, 1.54) is 10.4 Å². The van der Waals surface area contributed by atoms with E-state index >= 15 is 0 Å². The summed E-state index contributed by atoms with van der Waals surface area (Å²) >= 11 is 0. The maximum absolute atomic E-state index is 12.5.